The summed E-state index contributed by atoms with van der Waals surface area (Å²) in [6.45, 7) is 0.903. The monoisotopic (exact) mass is 353 g/mol. The Labute approximate surface area is 136 Å². The third kappa shape index (κ3) is 2.58. The molecule has 3 heteroatoms. The van der Waals surface area contributed by atoms with E-state index in [0.29, 0.717) is 29.1 Å². The van der Waals surface area contributed by atoms with E-state index in [0.717, 1.165) is 23.7 Å². The van der Waals surface area contributed by atoms with Crippen LogP contribution in [0.5, 0.6) is 0 Å². The van der Waals surface area contributed by atoms with E-state index in [1.54, 1.807) is 0 Å². The third-order valence-corrected chi connectivity index (χ3v) is 8.30. The summed E-state index contributed by atoms with van der Waals surface area (Å²) in [4.78, 5) is 12.8. The fourth-order valence-electron chi connectivity index (χ4n) is 6.23. The van der Waals surface area contributed by atoms with Crippen LogP contribution in [0.2, 0.25) is 0 Å². The largest absolute Gasteiger partial charge is 0.355 e. The number of carbonyl (C=O) groups is 1. The highest BCUT2D eigenvalue weighted by Crippen LogP contribution is 2.56. The predicted octanol–water partition coefficient (Wildman–Crippen LogP) is 4.13. The van der Waals surface area contributed by atoms with Gasteiger partial charge in [0.1, 0.15) is 0 Å². The van der Waals surface area contributed by atoms with Gasteiger partial charge >= 0.3 is 0 Å². The molecule has 5 saturated carbocycles. The zero-order valence-corrected chi connectivity index (χ0v) is 14.5. The minimum atomic E-state index is 0.349. The standard InChI is InChI=1S/C18H28BrNO/c19-10-18(3-1-2-4-18)11-20-17(21)16-14-6-12-5-13(8-14)9-15(16)7-12/h12-16H,1-11H2,(H,20,21). The fourth-order valence-corrected chi connectivity index (χ4v) is 6.99. The van der Waals surface area contributed by atoms with Gasteiger partial charge in [0.2, 0.25) is 5.91 Å². The Morgan fingerprint density at radius 1 is 1.00 bits per heavy atom. The van der Waals surface area contributed by atoms with Gasteiger partial charge in [0, 0.05) is 17.8 Å². The number of amides is 1. The van der Waals surface area contributed by atoms with Crippen LogP contribution in [-0.2, 0) is 4.79 Å². The van der Waals surface area contributed by atoms with Gasteiger partial charge in [-0.3, -0.25) is 4.79 Å². The topological polar surface area (TPSA) is 29.1 Å². The van der Waals surface area contributed by atoms with Gasteiger partial charge in [-0.2, -0.15) is 0 Å². The van der Waals surface area contributed by atoms with E-state index in [-0.39, 0.29) is 0 Å². The number of nitrogens with one attached hydrogen (secondary N) is 1. The molecule has 21 heavy (non-hydrogen) atoms. The summed E-state index contributed by atoms with van der Waals surface area (Å²) in [7, 11) is 0. The second-order valence-electron chi connectivity index (χ2n) is 8.52. The van der Waals surface area contributed by atoms with Gasteiger partial charge in [0.25, 0.3) is 0 Å². The van der Waals surface area contributed by atoms with Crippen LogP contribution in [0.1, 0.15) is 57.8 Å². The van der Waals surface area contributed by atoms with Crippen LogP contribution in [0.4, 0.5) is 0 Å². The lowest BCUT2D eigenvalue weighted by Crippen LogP contribution is -2.52. The molecule has 0 saturated heterocycles. The van der Waals surface area contributed by atoms with Crippen molar-refractivity contribution in [1.82, 2.24) is 5.32 Å². The minimum Gasteiger partial charge on any atom is -0.355 e. The van der Waals surface area contributed by atoms with Crippen LogP contribution in [0.3, 0.4) is 0 Å². The maximum atomic E-state index is 12.8. The van der Waals surface area contributed by atoms with Crippen LogP contribution < -0.4 is 5.32 Å². The molecule has 0 unspecified atom stereocenters. The minimum absolute atomic E-state index is 0.349. The molecule has 5 rings (SSSR count). The van der Waals surface area contributed by atoms with Gasteiger partial charge in [-0.15, -0.1) is 0 Å². The van der Waals surface area contributed by atoms with Gasteiger partial charge in [-0.1, -0.05) is 28.8 Å². The van der Waals surface area contributed by atoms with Crippen molar-refractivity contribution in [2.24, 2.45) is 35.0 Å². The molecule has 0 aromatic rings. The Balaban J connectivity index is 1.39. The molecule has 1 amide bonds. The molecular weight excluding hydrogens is 326 g/mol. The van der Waals surface area contributed by atoms with E-state index in [9.17, 15) is 4.79 Å². The van der Waals surface area contributed by atoms with Crippen molar-refractivity contribution in [1.29, 1.82) is 0 Å². The smallest absolute Gasteiger partial charge is 0.223 e. The van der Waals surface area contributed by atoms with Crippen LogP contribution in [0.25, 0.3) is 0 Å². The molecule has 0 aromatic carbocycles. The second kappa shape index (κ2) is 5.54. The lowest BCUT2D eigenvalue weighted by atomic mass is 9.51. The van der Waals surface area contributed by atoms with Gasteiger partial charge in [0.05, 0.1) is 0 Å². The van der Waals surface area contributed by atoms with Gasteiger partial charge < -0.3 is 5.32 Å². The summed E-state index contributed by atoms with van der Waals surface area (Å²) in [5.74, 6) is 4.10. The quantitative estimate of drug-likeness (QED) is 0.756. The molecule has 4 bridgehead atoms. The van der Waals surface area contributed by atoms with Crippen molar-refractivity contribution < 1.29 is 4.79 Å². The Bertz CT molecular complexity index is 387. The SMILES string of the molecule is O=C(NCC1(CBr)CCCC1)C1C2CC3CC(C2)CC1C3. The Morgan fingerprint density at radius 2 is 1.57 bits per heavy atom. The first-order chi connectivity index (χ1) is 10.2. The van der Waals surface area contributed by atoms with Gasteiger partial charge in [-0.05, 0) is 74.0 Å². The molecule has 0 atom stereocenters. The third-order valence-electron chi connectivity index (χ3n) is 7.11. The molecule has 0 heterocycles. The summed E-state index contributed by atoms with van der Waals surface area (Å²) < 4.78 is 0. The summed E-state index contributed by atoms with van der Waals surface area (Å²) in [5, 5.41) is 4.42. The summed E-state index contributed by atoms with van der Waals surface area (Å²) >= 11 is 3.69. The molecule has 0 aromatic heterocycles. The van der Waals surface area contributed by atoms with E-state index in [1.807, 2.05) is 0 Å². The maximum Gasteiger partial charge on any atom is 0.223 e. The Morgan fingerprint density at radius 3 is 2.10 bits per heavy atom. The molecule has 0 aliphatic heterocycles. The predicted molar refractivity (Wildman–Crippen MR) is 88.2 cm³/mol. The molecule has 5 aliphatic rings. The normalized spacial score (nSPS) is 43.2. The maximum absolute atomic E-state index is 12.8. The average Bonchev–Trinajstić information content (AvgIpc) is 2.93. The molecule has 5 aliphatic carbocycles. The van der Waals surface area contributed by atoms with E-state index in [1.165, 1.54) is 57.8 Å². The molecule has 5 fully saturated rings. The van der Waals surface area contributed by atoms with Crippen LogP contribution in [0.15, 0.2) is 0 Å². The first-order valence-electron chi connectivity index (χ1n) is 9.03. The molecule has 118 valence electrons. The number of alkyl halides is 1. The number of hydrogen-bond donors (Lipinski definition) is 1. The summed E-state index contributed by atoms with van der Waals surface area (Å²) in [6.07, 6.45) is 12.1. The average molecular weight is 354 g/mol. The van der Waals surface area contributed by atoms with Gasteiger partial charge in [0.15, 0.2) is 0 Å². The van der Waals surface area contributed by atoms with Crippen molar-refractivity contribution >= 4 is 21.8 Å². The Hall–Kier alpha value is -0.0500. The summed E-state index contributed by atoms with van der Waals surface area (Å²) in [5.41, 5.74) is 0.349. The number of carbonyl (C=O) groups excluding carboxylic acids is 1. The van der Waals surface area contributed by atoms with Crippen LogP contribution in [-0.4, -0.2) is 17.8 Å². The molecule has 0 spiro atoms. The fraction of sp³-hybridized carbons (Fsp3) is 0.944. The summed E-state index contributed by atoms with van der Waals surface area (Å²) in [6, 6.07) is 0. The highest BCUT2D eigenvalue weighted by molar-refractivity contribution is 9.09. The number of rotatable bonds is 4. The molecule has 0 radical (unpaired) electrons. The van der Waals surface area contributed by atoms with E-state index < -0.39 is 0 Å². The number of halogens is 1. The first kappa shape index (κ1) is 14.5. The van der Waals surface area contributed by atoms with Crippen molar-refractivity contribution in [3.63, 3.8) is 0 Å². The molecular formula is C18H28BrNO. The van der Waals surface area contributed by atoms with Crippen molar-refractivity contribution in [2.75, 3.05) is 11.9 Å². The Kier molecular flexibility index (Phi) is 3.84. The van der Waals surface area contributed by atoms with Crippen LogP contribution in [0, 0.1) is 35.0 Å². The van der Waals surface area contributed by atoms with Crippen molar-refractivity contribution in [3.05, 3.63) is 0 Å². The lowest BCUT2D eigenvalue weighted by Gasteiger charge is -2.53. The second-order valence-corrected chi connectivity index (χ2v) is 9.08. The van der Waals surface area contributed by atoms with E-state index in [4.69, 9.17) is 0 Å². The first-order valence-corrected chi connectivity index (χ1v) is 10.1. The van der Waals surface area contributed by atoms with E-state index >= 15 is 0 Å². The number of hydrogen-bond acceptors (Lipinski definition) is 1. The van der Waals surface area contributed by atoms with Gasteiger partial charge in [-0.25, -0.2) is 0 Å². The van der Waals surface area contributed by atoms with Crippen molar-refractivity contribution in [2.45, 2.75) is 57.8 Å². The molecule has 1 N–H and O–H groups in total. The highest BCUT2D eigenvalue weighted by Gasteiger charge is 2.50. The zero-order valence-electron chi connectivity index (χ0n) is 13.0. The molecule has 2 nitrogen and oxygen atoms in total. The zero-order chi connectivity index (χ0) is 14.4. The highest BCUT2D eigenvalue weighted by atomic mass is 79.9. The van der Waals surface area contributed by atoms with Crippen LogP contribution >= 0.6 is 15.9 Å². The van der Waals surface area contributed by atoms with Crippen molar-refractivity contribution in [3.8, 4) is 0 Å². The van der Waals surface area contributed by atoms with E-state index in [2.05, 4.69) is 21.2 Å². The lowest BCUT2D eigenvalue weighted by molar-refractivity contribution is -0.138.